The molecule has 1 aliphatic carbocycles. The molecule has 1 saturated carbocycles. The minimum Gasteiger partial charge on any atom is -0.330 e. The van der Waals surface area contributed by atoms with E-state index < -0.39 is 17.3 Å². The van der Waals surface area contributed by atoms with Gasteiger partial charge >= 0.3 is 6.18 Å². The van der Waals surface area contributed by atoms with Crippen LogP contribution in [0.1, 0.15) is 36.9 Å². The molecular weight excluding hydrogens is 267 g/mol. The Morgan fingerprint density at radius 2 is 2.06 bits per heavy atom. The fraction of sp³-hybridized carbons (Fsp3) is 0.727. The number of aromatic nitrogens is 2. The van der Waals surface area contributed by atoms with Gasteiger partial charge < -0.3 is 5.73 Å². The second-order valence-electron chi connectivity index (χ2n) is 4.81. The first-order valence-electron chi connectivity index (χ1n) is 5.82. The number of halogens is 4. The number of nitrogens with zero attached hydrogens (tertiary/aromatic N) is 2. The van der Waals surface area contributed by atoms with Crippen molar-refractivity contribution in [2.75, 3.05) is 6.54 Å². The van der Waals surface area contributed by atoms with Gasteiger partial charge in [-0.1, -0.05) is 18.0 Å². The maximum Gasteiger partial charge on any atom is 0.435 e. The normalized spacial score (nSPS) is 18.8. The van der Waals surface area contributed by atoms with Gasteiger partial charge in [-0.15, -0.1) is 0 Å². The molecule has 18 heavy (non-hydrogen) atoms. The van der Waals surface area contributed by atoms with Crippen LogP contribution in [0.4, 0.5) is 13.2 Å². The molecule has 0 atom stereocenters. The Balaban J connectivity index is 2.55. The van der Waals surface area contributed by atoms with Crippen LogP contribution in [0.25, 0.3) is 0 Å². The van der Waals surface area contributed by atoms with Crippen molar-refractivity contribution in [3.05, 3.63) is 16.4 Å². The van der Waals surface area contributed by atoms with Crippen molar-refractivity contribution in [2.24, 2.45) is 12.8 Å². The Kier molecular flexibility index (Phi) is 3.36. The van der Waals surface area contributed by atoms with Crippen LogP contribution in [0.2, 0.25) is 5.15 Å². The molecule has 0 amide bonds. The van der Waals surface area contributed by atoms with Crippen LogP contribution in [0.3, 0.4) is 0 Å². The highest BCUT2D eigenvalue weighted by molar-refractivity contribution is 6.30. The van der Waals surface area contributed by atoms with E-state index in [1.165, 1.54) is 7.05 Å². The summed E-state index contributed by atoms with van der Waals surface area (Å²) in [5, 5.41) is 3.61. The third-order valence-corrected chi connectivity index (χ3v) is 4.14. The Morgan fingerprint density at radius 1 is 1.44 bits per heavy atom. The summed E-state index contributed by atoms with van der Waals surface area (Å²) in [5.41, 5.74) is 4.27. The van der Waals surface area contributed by atoms with E-state index in [1.807, 2.05) is 0 Å². The molecule has 3 nitrogen and oxygen atoms in total. The quantitative estimate of drug-likeness (QED) is 0.926. The molecule has 7 heteroatoms. The highest BCUT2D eigenvalue weighted by Gasteiger charge is 2.49. The standard InChI is InChI=1S/C11H15ClF3N3/c1-18-9(12)7(8(17-18)11(13,14)15)10(5-6-16)3-2-4-10/h2-6,16H2,1H3. The third-order valence-electron chi connectivity index (χ3n) is 3.71. The molecule has 102 valence electrons. The van der Waals surface area contributed by atoms with Crippen LogP contribution in [0, 0.1) is 0 Å². The highest BCUT2D eigenvalue weighted by Crippen LogP contribution is 2.52. The van der Waals surface area contributed by atoms with Crippen LogP contribution in [-0.2, 0) is 18.6 Å². The van der Waals surface area contributed by atoms with Crippen molar-refractivity contribution in [1.82, 2.24) is 9.78 Å². The predicted molar refractivity (Wildman–Crippen MR) is 62.4 cm³/mol. The van der Waals surface area contributed by atoms with E-state index in [4.69, 9.17) is 17.3 Å². The second kappa shape index (κ2) is 4.42. The Bertz CT molecular complexity index is 449. The first kappa shape index (κ1) is 13.7. The lowest BCUT2D eigenvalue weighted by Crippen LogP contribution is -2.38. The molecule has 0 radical (unpaired) electrons. The number of hydrogen-bond acceptors (Lipinski definition) is 2. The SMILES string of the molecule is Cn1nc(C(F)(F)F)c(C2(CCN)CCC2)c1Cl. The second-order valence-corrected chi connectivity index (χ2v) is 5.17. The zero-order chi connectivity index (χ0) is 13.6. The van der Waals surface area contributed by atoms with Crippen LogP contribution >= 0.6 is 11.6 Å². The molecule has 0 bridgehead atoms. The number of alkyl halides is 3. The lowest BCUT2D eigenvalue weighted by Gasteiger charge is -2.42. The minimum absolute atomic E-state index is 0.0791. The van der Waals surface area contributed by atoms with E-state index in [-0.39, 0.29) is 10.7 Å². The molecule has 2 rings (SSSR count). The van der Waals surface area contributed by atoms with Crippen molar-refractivity contribution in [3.8, 4) is 0 Å². The predicted octanol–water partition coefficient (Wildman–Crippen LogP) is 2.86. The smallest absolute Gasteiger partial charge is 0.330 e. The number of aryl methyl sites for hydroxylation is 1. The topological polar surface area (TPSA) is 43.8 Å². The zero-order valence-electron chi connectivity index (χ0n) is 10.0. The zero-order valence-corrected chi connectivity index (χ0v) is 10.8. The summed E-state index contributed by atoms with van der Waals surface area (Å²) in [4.78, 5) is 0. The maximum atomic E-state index is 13.0. The molecule has 0 spiro atoms. The lowest BCUT2D eigenvalue weighted by atomic mass is 9.62. The van der Waals surface area contributed by atoms with Crippen LogP contribution in [0.5, 0.6) is 0 Å². The van der Waals surface area contributed by atoms with Crippen LogP contribution in [0.15, 0.2) is 0 Å². The van der Waals surface area contributed by atoms with Crippen molar-refractivity contribution in [1.29, 1.82) is 0 Å². The summed E-state index contributed by atoms with van der Waals surface area (Å²) in [6.07, 6.45) is -1.67. The Labute approximate surface area is 108 Å². The minimum atomic E-state index is -4.47. The van der Waals surface area contributed by atoms with E-state index in [1.54, 1.807) is 0 Å². The molecule has 0 aromatic carbocycles. The highest BCUT2D eigenvalue weighted by atomic mass is 35.5. The molecule has 0 saturated heterocycles. The van der Waals surface area contributed by atoms with Gasteiger partial charge in [0, 0.05) is 18.0 Å². The van der Waals surface area contributed by atoms with Gasteiger partial charge in [0.1, 0.15) is 5.15 Å². The molecule has 1 aromatic rings. The first-order chi connectivity index (χ1) is 8.32. The molecule has 1 aliphatic rings. The summed E-state index contributed by atoms with van der Waals surface area (Å²) in [6, 6.07) is 0. The fourth-order valence-corrected chi connectivity index (χ4v) is 3.00. The van der Waals surface area contributed by atoms with Crippen molar-refractivity contribution < 1.29 is 13.2 Å². The maximum absolute atomic E-state index is 13.0. The molecule has 1 fully saturated rings. The van der Waals surface area contributed by atoms with E-state index >= 15 is 0 Å². The largest absolute Gasteiger partial charge is 0.435 e. The third kappa shape index (κ3) is 2.01. The van der Waals surface area contributed by atoms with Crippen LogP contribution < -0.4 is 5.73 Å². The summed E-state index contributed by atoms with van der Waals surface area (Å²) >= 11 is 6.01. The van der Waals surface area contributed by atoms with E-state index in [0.717, 1.165) is 11.1 Å². The number of rotatable bonds is 3. The summed E-state index contributed by atoms with van der Waals surface area (Å²) in [7, 11) is 1.43. The van der Waals surface area contributed by atoms with Gasteiger partial charge in [-0.2, -0.15) is 18.3 Å². The van der Waals surface area contributed by atoms with Gasteiger partial charge in [0.05, 0.1) is 0 Å². The van der Waals surface area contributed by atoms with Gasteiger partial charge in [-0.25, -0.2) is 0 Å². The van der Waals surface area contributed by atoms with Crippen molar-refractivity contribution >= 4 is 11.6 Å². The first-order valence-corrected chi connectivity index (χ1v) is 6.20. The Morgan fingerprint density at radius 3 is 2.44 bits per heavy atom. The fourth-order valence-electron chi connectivity index (χ4n) is 2.68. The van der Waals surface area contributed by atoms with Gasteiger partial charge in [-0.3, -0.25) is 4.68 Å². The molecular formula is C11H15ClF3N3. The van der Waals surface area contributed by atoms with Crippen molar-refractivity contribution in [3.63, 3.8) is 0 Å². The summed E-state index contributed by atoms with van der Waals surface area (Å²) in [6.45, 7) is 0.350. The van der Waals surface area contributed by atoms with E-state index in [2.05, 4.69) is 5.10 Å². The molecule has 1 aromatic heterocycles. The summed E-state index contributed by atoms with van der Waals surface area (Å²) < 4.78 is 40.1. The Hall–Kier alpha value is -0.750. The van der Waals surface area contributed by atoms with Crippen LogP contribution in [-0.4, -0.2) is 16.3 Å². The van der Waals surface area contributed by atoms with Gasteiger partial charge in [-0.05, 0) is 25.8 Å². The van der Waals surface area contributed by atoms with Gasteiger partial charge in [0.25, 0.3) is 0 Å². The van der Waals surface area contributed by atoms with Gasteiger partial charge in [0.15, 0.2) is 5.69 Å². The molecule has 0 unspecified atom stereocenters. The number of hydrogen-bond donors (Lipinski definition) is 1. The average molecular weight is 282 g/mol. The average Bonchev–Trinajstić information content (AvgIpc) is 2.50. The molecule has 0 aliphatic heterocycles. The summed E-state index contributed by atoms with van der Waals surface area (Å²) in [5.74, 6) is 0. The number of nitrogens with two attached hydrogens (primary N) is 1. The van der Waals surface area contributed by atoms with Crippen molar-refractivity contribution in [2.45, 2.75) is 37.3 Å². The lowest BCUT2D eigenvalue weighted by molar-refractivity contribution is -0.143. The molecule has 2 N–H and O–H groups in total. The monoisotopic (exact) mass is 281 g/mol. The van der Waals surface area contributed by atoms with Gasteiger partial charge in [0.2, 0.25) is 0 Å². The molecule has 1 heterocycles. The van der Waals surface area contributed by atoms with E-state index in [9.17, 15) is 13.2 Å². The van der Waals surface area contributed by atoms with E-state index in [0.29, 0.717) is 25.8 Å².